The van der Waals surface area contributed by atoms with Crippen LogP contribution in [0.1, 0.15) is 55.3 Å². The normalized spacial score (nSPS) is 17.3. The average Bonchev–Trinajstić information content (AvgIpc) is 3.85. The van der Waals surface area contributed by atoms with Gasteiger partial charge in [0.2, 0.25) is 5.91 Å². The molecule has 6 nitrogen and oxygen atoms in total. The van der Waals surface area contributed by atoms with Crippen molar-refractivity contribution in [3.05, 3.63) is 130 Å². The van der Waals surface area contributed by atoms with Gasteiger partial charge in [-0.3, -0.25) is 9.59 Å². The summed E-state index contributed by atoms with van der Waals surface area (Å²) in [6.07, 6.45) is 1.54. The minimum atomic E-state index is -0.381. The molecule has 206 valence electrons. The van der Waals surface area contributed by atoms with Gasteiger partial charge in [-0.2, -0.15) is 0 Å². The third kappa shape index (κ3) is 5.50. The van der Waals surface area contributed by atoms with E-state index in [4.69, 9.17) is 4.74 Å². The van der Waals surface area contributed by atoms with E-state index in [2.05, 4.69) is 23.5 Å². The van der Waals surface area contributed by atoms with E-state index in [0.717, 1.165) is 34.2 Å². The molecule has 6 rings (SSSR count). The number of carbonyl (C=O) groups excluding carboxylic acids is 3. The second kappa shape index (κ2) is 11.4. The molecule has 2 amide bonds. The summed E-state index contributed by atoms with van der Waals surface area (Å²) >= 11 is 0. The molecule has 6 heteroatoms. The monoisotopic (exact) mass is 544 g/mol. The molecule has 2 aliphatic rings. The highest BCUT2D eigenvalue weighted by Crippen LogP contribution is 2.47. The van der Waals surface area contributed by atoms with Gasteiger partial charge in [0, 0.05) is 31.1 Å². The van der Waals surface area contributed by atoms with Crippen LogP contribution in [0.2, 0.25) is 0 Å². The Balaban J connectivity index is 1.28. The van der Waals surface area contributed by atoms with Crippen LogP contribution >= 0.6 is 0 Å². The molecule has 4 aromatic carbocycles. The van der Waals surface area contributed by atoms with E-state index < -0.39 is 0 Å². The van der Waals surface area contributed by atoms with Crippen molar-refractivity contribution in [1.82, 2.24) is 10.2 Å². The molecule has 1 saturated carbocycles. The number of benzene rings is 4. The van der Waals surface area contributed by atoms with Gasteiger partial charge in [-0.1, -0.05) is 72.8 Å². The first-order valence-electron chi connectivity index (χ1n) is 14.0. The number of esters is 1. The Morgan fingerprint density at radius 2 is 1.59 bits per heavy atom. The summed E-state index contributed by atoms with van der Waals surface area (Å²) in [7, 11) is 1.38. The van der Waals surface area contributed by atoms with Gasteiger partial charge >= 0.3 is 5.97 Å². The summed E-state index contributed by atoms with van der Waals surface area (Å²) in [6, 6.07) is 31.1. The van der Waals surface area contributed by atoms with Crippen molar-refractivity contribution in [2.24, 2.45) is 5.92 Å². The molecule has 1 heterocycles. The topological polar surface area (TPSA) is 75.7 Å². The Morgan fingerprint density at radius 3 is 2.34 bits per heavy atom. The van der Waals surface area contributed by atoms with Gasteiger partial charge in [0.15, 0.2) is 0 Å². The Kier molecular flexibility index (Phi) is 7.38. The highest BCUT2D eigenvalue weighted by molar-refractivity contribution is 5.94. The summed E-state index contributed by atoms with van der Waals surface area (Å²) in [4.78, 5) is 40.5. The number of ether oxygens (including phenoxy) is 1. The smallest absolute Gasteiger partial charge is 0.337 e. The number of hydrogen-bond acceptors (Lipinski definition) is 4. The van der Waals surface area contributed by atoms with E-state index in [0.29, 0.717) is 37.2 Å². The van der Waals surface area contributed by atoms with Crippen LogP contribution in [0.25, 0.3) is 11.1 Å². The van der Waals surface area contributed by atoms with Gasteiger partial charge in [0.05, 0.1) is 12.7 Å². The summed E-state index contributed by atoms with van der Waals surface area (Å²) in [6.45, 7) is 1.44. The molecule has 0 radical (unpaired) electrons. The Labute approximate surface area is 240 Å². The average molecular weight is 545 g/mol. The fraction of sp³-hybridized carbons (Fsp3) is 0.229. The van der Waals surface area contributed by atoms with Gasteiger partial charge in [-0.15, -0.1) is 0 Å². The molecule has 4 aromatic rings. The van der Waals surface area contributed by atoms with Gasteiger partial charge < -0.3 is 15.0 Å². The van der Waals surface area contributed by atoms with Crippen molar-refractivity contribution in [3.63, 3.8) is 0 Å². The molecule has 0 bridgehead atoms. The molecule has 1 N–H and O–H groups in total. The van der Waals surface area contributed by atoms with Crippen LogP contribution in [-0.4, -0.2) is 36.3 Å². The first kappa shape index (κ1) is 26.5. The number of amides is 2. The first-order chi connectivity index (χ1) is 20.0. The van der Waals surface area contributed by atoms with Crippen LogP contribution in [0.5, 0.6) is 0 Å². The van der Waals surface area contributed by atoms with Crippen LogP contribution in [0.4, 0.5) is 0 Å². The van der Waals surface area contributed by atoms with Crippen molar-refractivity contribution in [2.45, 2.75) is 31.8 Å². The number of nitrogens with one attached hydrogen (secondary N) is 1. The van der Waals surface area contributed by atoms with Gasteiger partial charge in [-0.05, 0) is 76.4 Å². The van der Waals surface area contributed by atoms with Gasteiger partial charge in [-0.25, -0.2) is 4.79 Å². The van der Waals surface area contributed by atoms with Crippen LogP contribution in [0.3, 0.4) is 0 Å². The van der Waals surface area contributed by atoms with Gasteiger partial charge in [0.25, 0.3) is 5.91 Å². The number of nitrogens with zero attached hydrogens (tertiary/aromatic N) is 1. The van der Waals surface area contributed by atoms with E-state index in [-0.39, 0.29) is 29.6 Å². The zero-order valence-corrected chi connectivity index (χ0v) is 23.0. The summed E-state index contributed by atoms with van der Waals surface area (Å²) in [5, 5.41) is 3.17. The van der Waals surface area contributed by atoms with Crippen molar-refractivity contribution < 1.29 is 19.1 Å². The van der Waals surface area contributed by atoms with Crippen LogP contribution in [0.15, 0.2) is 97.1 Å². The van der Waals surface area contributed by atoms with Crippen LogP contribution in [-0.2, 0) is 29.0 Å². The molecule has 1 aliphatic heterocycles. The molecule has 41 heavy (non-hydrogen) atoms. The molecular weight excluding hydrogens is 512 g/mol. The van der Waals surface area contributed by atoms with Crippen molar-refractivity contribution >= 4 is 17.8 Å². The third-order valence-corrected chi connectivity index (χ3v) is 8.22. The molecular formula is C35H32N2O4. The standard InChI is InChI=1S/C35H32N2O4/c1-41-35(40)26-14-8-13-25(19-26)28-16-15-27(21-36-33(38)31-20-30(31)23-9-4-2-5-10-23)32-22-37(18-17-29(28)32)34(39)24-11-6-3-7-12-24/h2-16,19,30-31H,17-18,20-22H2,1H3,(H,36,38)/t30-,31-/m1/s1. The Morgan fingerprint density at radius 1 is 0.854 bits per heavy atom. The maximum absolute atomic E-state index is 13.4. The highest BCUT2D eigenvalue weighted by atomic mass is 16.5. The molecule has 0 aromatic heterocycles. The predicted octanol–water partition coefficient (Wildman–Crippen LogP) is 5.76. The second-order valence-corrected chi connectivity index (χ2v) is 10.7. The maximum atomic E-state index is 13.4. The SMILES string of the molecule is COC(=O)c1cccc(-c2ccc(CNC(=O)[C@@H]3C[C@@H]3c3ccccc3)c3c2CCN(C(=O)c2ccccc2)C3)c1. The zero-order valence-electron chi connectivity index (χ0n) is 23.0. The third-order valence-electron chi connectivity index (χ3n) is 8.22. The lowest BCUT2D eigenvalue weighted by molar-refractivity contribution is -0.122. The Hall–Kier alpha value is -4.71. The van der Waals surface area contributed by atoms with Crippen LogP contribution in [0, 0.1) is 5.92 Å². The molecule has 2 atom stereocenters. The predicted molar refractivity (Wildman–Crippen MR) is 157 cm³/mol. The molecule has 0 unspecified atom stereocenters. The van der Waals surface area contributed by atoms with E-state index >= 15 is 0 Å². The quantitative estimate of drug-likeness (QED) is 0.300. The summed E-state index contributed by atoms with van der Waals surface area (Å²) in [5.74, 6) is -0.0599. The Bertz CT molecular complexity index is 1600. The minimum Gasteiger partial charge on any atom is -0.465 e. The van der Waals surface area contributed by atoms with E-state index in [1.54, 1.807) is 6.07 Å². The zero-order chi connectivity index (χ0) is 28.3. The lowest BCUT2D eigenvalue weighted by Crippen LogP contribution is -2.37. The second-order valence-electron chi connectivity index (χ2n) is 10.7. The van der Waals surface area contributed by atoms with Crippen molar-refractivity contribution in [1.29, 1.82) is 0 Å². The number of fused-ring (bicyclic) bond motifs is 1. The molecule has 1 fully saturated rings. The van der Waals surface area contributed by atoms with E-state index in [1.807, 2.05) is 77.7 Å². The van der Waals surface area contributed by atoms with Crippen molar-refractivity contribution in [3.8, 4) is 11.1 Å². The highest BCUT2D eigenvalue weighted by Gasteiger charge is 2.43. The molecule has 1 aliphatic carbocycles. The van der Waals surface area contributed by atoms with Crippen molar-refractivity contribution in [2.75, 3.05) is 13.7 Å². The van der Waals surface area contributed by atoms with Gasteiger partial charge in [0.1, 0.15) is 0 Å². The lowest BCUT2D eigenvalue weighted by atomic mass is 9.87. The fourth-order valence-electron chi connectivity index (χ4n) is 5.91. The summed E-state index contributed by atoms with van der Waals surface area (Å²) < 4.78 is 4.93. The number of rotatable bonds is 7. The fourth-order valence-corrected chi connectivity index (χ4v) is 5.91. The minimum absolute atomic E-state index is 0.00647. The van der Waals surface area contributed by atoms with E-state index in [1.165, 1.54) is 12.7 Å². The largest absolute Gasteiger partial charge is 0.465 e. The van der Waals surface area contributed by atoms with E-state index in [9.17, 15) is 14.4 Å². The lowest BCUT2D eigenvalue weighted by Gasteiger charge is -2.32. The first-order valence-corrected chi connectivity index (χ1v) is 14.0. The number of carbonyl (C=O) groups is 3. The molecule has 0 spiro atoms. The number of hydrogen-bond donors (Lipinski definition) is 1. The summed E-state index contributed by atoms with van der Waals surface area (Å²) in [5.41, 5.74) is 7.51. The molecule has 0 saturated heterocycles. The maximum Gasteiger partial charge on any atom is 0.337 e. The van der Waals surface area contributed by atoms with Crippen LogP contribution < -0.4 is 5.32 Å². The number of methoxy groups -OCH3 is 1.